The third-order valence-corrected chi connectivity index (χ3v) is 4.10. The van der Waals surface area contributed by atoms with E-state index in [1.54, 1.807) is 0 Å². The van der Waals surface area contributed by atoms with Crippen molar-refractivity contribution < 1.29 is 33.0 Å². The van der Waals surface area contributed by atoms with Crippen LogP contribution in [0.1, 0.15) is 11.6 Å². The zero-order valence-electron chi connectivity index (χ0n) is 13.4. The van der Waals surface area contributed by atoms with E-state index in [2.05, 4.69) is 5.32 Å². The zero-order chi connectivity index (χ0) is 17.9. The number of ether oxygens (including phenoxy) is 3. The first-order chi connectivity index (χ1) is 11.4. The van der Waals surface area contributed by atoms with E-state index in [4.69, 9.17) is 14.2 Å². The molecule has 1 aliphatic rings. The minimum absolute atomic E-state index is 0.444. The summed E-state index contributed by atoms with van der Waals surface area (Å²) in [5.41, 5.74) is 0.534. The number of methoxy groups -OCH3 is 3. The predicted octanol–water partition coefficient (Wildman–Crippen LogP) is 0.590. The Kier molecular flexibility index (Phi) is 5.50. The molecule has 1 saturated heterocycles. The Bertz CT molecular complexity index is 632. The number of hydrogen-bond donors (Lipinski definition) is 1. The van der Waals surface area contributed by atoms with Crippen LogP contribution >= 0.6 is 0 Å². The fourth-order valence-corrected chi connectivity index (χ4v) is 2.97. The Morgan fingerprint density at radius 1 is 0.875 bits per heavy atom. The molecule has 0 spiro atoms. The molecule has 8 heteroatoms. The van der Waals surface area contributed by atoms with Gasteiger partial charge in [0.1, 0.15) is 11.9 Å². The summed E-state index contributed by atoms with van der Waals surface area (Å²) in [6.07, 6.45) is 0. The molecule has 0 saturated carbocycles. The highest BCUT2D eigenvalue weighted by Crippen LogP contribution is 2.39. The van der Waals surface area contributed by atoms with Crippen molar-refractivity contribution in [1.82, 2.24) is 5.32 Å². The van der Waals surface area contributed by atoms with Crippen LogP contribution in [0.4, 0.5) is 4.39 Å². The summed E-state index contributed by atoms with van der Waals surface area (Å²) in [5.74, 6) is -4.71. The molecule has 1 fully saturated rings. The van der Waals surface area contributed by atoms with Crippen molar-refractivity contribution in [3.05, 3.63) is 35.6 Å². The molecule has 4 atom stereocenters. The van der Waals surface area contributed by atoms with Gasteiger partial charge in [-0.2, -0.15) is 0 Å². The lowest BCUT2D eigenvalue weighted by Gasteiger charge is -2.21. The SMILES string of the molecule is COC(=O)[C@@H]1[C@H](C(=O)OC)[C@H](C(=O)OC)N[C@@H]1c1ccc(F)cc1. The van der Waals surface area contributed by atoms with Crippen molar-refractivity contribution in [1.29, 1.82) is 0 Å². The third-order valence-electron chi connectivity index (χ3n) is 4.10. The third kappa shape index (κ3) is 3.23. The van der Waals surface area contributed by atoms with Gasteiger partial charge in [-0.3, -0.25) is 19.7 Å². The van der Waals surface area contributed by atoms with Gasteiger partial charge < -0.3 is 14.2 Å². The van der Waals surface area contributed by atoms with Gasteiger partial charge in [-0.15, -0.1) is 0 Å². The number of hydrogen-bond acceptors (Lipinski definition) is 7. The second-order valence-corrected chi connectivity index (χ2v) is 5.29. The maximum absolute atomic E-state index is 13.2. The molecule has 0 radical (unpaired) electrons. The Balaban J connectivity index is 2.48. The lowest BCUT2D eigenvalue weighted by molar-refractivity contribution is -0.159. The standard InChI is InChI=1S/C16H18FNO6/c1-22-14(19)10-11(15(20)23-2)13(16(21)24-3)18-12(10)8-4-6-9(17)7-5-8/h4-7,10-13,18H,1-3H3/t10-,11+,12-,13-/m1/s1. The minimum atomic E-state index is -1.12. The largest absolute Gasteiger partial charge is 0.469 e. The summed E-state index contributed by atoms with van der Waals surface area (Å²) in [6, 6.07) is 3.58. The Morgan fingerprint density at radius 2 is 1.38 bits per heavy atom. The highest BCUT2D eigenvalue weighted by Gasteiger charge is 2.55. The molecule has 0 aromatic heterocycles. The van der Waals surface area contributed by atoms with Crippen molar-refractivity contribution in [3.8, 4) is 0 Å². The first kappa shape index (κ1) is 17.9. The van der Waals surface area contributed by atoms with Crippen LogP contribution in [-0.2, 0) is 28.6 Å². The number of nitrogens with one attached hydrogen (secondary N) is 1. The molecule has 1 heterocycles. The van der Waals surface area contributed by atoms with E-state index >= 15 is 0 Å². The van der Waals surface area contributed by atoms with E-state index < -0.39 is 47.6 Å². The van der Waals surface area contributed by atoms with Gasteiger partial charge >= 0.3 is 17.9 Å². The average Bonchev–Trinajstić information content (AvgIpc) is 3.00. The molecule has 1 aromatic rings. The van der Waals surface area contributed by atoms with Gasteiger partial charge in [0.15, 0.2) is 0 Å². The lowest BCUT2D eigenvalue weighted by Crippen LogP contribution is -2.42. The Labute approximate surface area is 138 Å². The summed E-state index contributed by atoms with van der Waals surface area (Å²) in [4.78, 5) is 36.5. The van der Waals surface area contributed by atoms with Crippen LogP contribution in [0.3, 0.4) is 0 Å². The monoisotopic (exact) mass is 339 g/mol. The molecule has 24 heavy (non-hydrogen) atoms. The van der Waals surface area contributed by atoms with Crippen LogP contribution in [0.2, 0.25) is 0 Å². The molecule has 1 aromatic carbocycles. The van der Waals surface area contributed by atoms with Crippen molar-refractivity contribution >= 4 is 17.9 Å². The molecular formula is C16H18FNO6. The van der Waals surface area contributed by atoms with Gasteiger partial charge in [-0.1, -0.05) is 12.1 Å². The molecule has 1 aliphatic heterocycles. The lowest BCUT2D eigenvalue weighted by atomic mass is 9.84. The number of rotatable bonds is 4. The van der Waals surface area contributed by atoms with Gasteiger partial charge in [-0.05, 0) is 17.7 Å². The first-order valence-electron chi connectivity index (χ1n) is 7.19. The summed E-state index contributed by atoms with van der Waals surface area (Å²) in [6.45, 7) is 0. The molecule has 0 aliphatic carbocycles. The van der Waals surface area contributed by atoms with Crippen molar-refractivity contribution in [3.63, 3.8) is 0 Å². The highest BCUT2D eigenvalue weighted by molar-refractivity contribution is 5.91. The predicted molar refractivity (Wildman–Crippen MR) is 79.1 cm³/mol. The minimum Gasteiger partial charge on any atom is -0.469 e. The molecule has 0 amide bonds. The normalized spacial score (nSPS) is 25.8. The number of carbonyl (C=O) groups is 3. The summed E-state index contributed by atoms with van der Waals surface area (Å²) in [7, 11) is 3.52. The molecule has 0 unspecified atom stereocenters. The number of esters is 3. The van der Waals surface area contributed by atoms with E-state index in [1.165, 1.54) is 38.5 Å². The van der Waals surface area contributed by atoms with Crippen LogP contribution in [0, 0.1) is 17.7 Å². The summed E-state index contributed by atoms with van der Waals surface area (Å²) < 4.78 is 27.4. The number of carbonyl (C=O) groups excluding carboxylic acids is 3. The first-order valence-corrected chi connectivity index (χ1v) is 7.19. The molecule has 1 N–H and O–H groups in total. The smallest absolute Gasteiger partial charge is 0.323 e. The van der Waals surface area contributed by atoms with E-state index in [1.807, 2.05) is 0 Å². The van der Waals surface area contributed by atoms with Crippen LogP contribution < -0.4 is 5.32 Å². The van der Waals surface area contributed by atoms with Crippen LogP contribution in [0.5, 0.6) is 0 Å². The van der Waals surface area contributed by atoms with Gasteiger partial charge in [0, 0.05) is 6.04 Å². The van der Waals surface area contributed by atoms with Crippen LogP contribution in [0.15, 0.2) is 24.3 Å². The second-order valence-electron chi connectivity index (χ2n) is 5.29. The molecule has 7 nitrogen and oxygen atoms in total. The maximum atomic E-state index is 13.2. The van der Waals surface area contributed by atoms with Gasteiger partial charge in [0.05, 0.1) is 33.2 Å². The summed E-state index contributed by atoms with van der Waals surface area (Å²) >= 11 is 0. The highest BCUT2D eigenvalue weighted by atomic mass is 19.1. The topological polar surface area (TPSA) is 90.9 Å². The van der Waals surface area contributed by atoms with E-state index in [0.717, 1.165) is 7.11 Å². The average molecular weight is 339 g/mol. The number of halogens is 1. The zero-order valence-corrected chi connectivity index (χ0v) is 13.4. The Hall–Kier alpha value is -2.48. The summed E-state index contributed by atoms with van der Waals surface area (Å²) in [5, 5.41) is 2.91. The maximum Gasteiger partial charge on any atom is 0.323 e. The fourth-order valence-electron chi connectivity index (χ4n) is 2.97. The fraction of sp³-hybridized carbons (Fsp3) is 0.438. The van der Waals surface area contributed by atoms with Gasteiger partial charge in [0.25, 0.3) is 0 Å². The molecule has 130 valence electrons. The van der Waals surface area contributed by atoms with Crippen molar-refractivity contribution in [2.75, 3.05) is 21.3 Å². The van der Waals surface area contributed by atoms with Gasteiger partial charge in [0.2, 0.25) is 0 Å². The van der Waals surface area contributed by atoms with E-state index in [9.17, 15) is 18.8 Å². The van der Waals surface area contributed by atoms with Crippen molar-refractivity contribution in [2.24, 2.45) is 11.8 Å². The van der Waals surface area contributed by atoms with Gasteiger partial charge in [-0.25, -0.2) is 4.39 Å². The van der Waals surface area contributed by atoms with Crippen LogP contribution in [-0.4, -0.2) is 45.3 Å². The van der Waals surface area contributed by atoms with E-state index in [0.29, 0.717) is 5.56 Å². The quantitative estimate of drug-likeness (QED) is 0.634. The second kappa shape index (κ2) is 7.39. The molecule has 0 bridgehead atoms. The number of benzene rings is 1. The van der Waals surface area contributed by atoms with E-state index in [-0.39, 0.29) is 0 Å². The molecule has 2 rings (SSSR count). The van der Waals surface area contributed by atoms with Crippen molar-refractivity contribution in [2.45, 2.75) is 12.1 Å². The Morgan fingerprint density at radius 3 is 1.88 bits per heavy atom. The molecular weight excluding hydrogens is 321 g/mol. The van der Waals surface area contributed by atoms with Crippen LogP contribution in [0.25, 0.3) is 0 Å².